The van der Waals surface area contributed by atoms with Crippen LogP contribution in [-0.2, 0) is 0 Å². The smallest absolute Gasteiger partial charge is 0.494 e. The second kappa shape index (κ2) is 5.74. The predicted octanol–water partition coefficient (Wildman–Crippen LogP) is 3.59. The maximum absolute atomic E-state index is 12.1. The van der Waals surface area contributed by atoms with Gasteiger partial charge in [0.05, 0.1) is 6.61 Å². The number of hydrogen-bond donors (Lipinski definition) is 0. The number of benzene rings is 1. The van der Waals surface area contributed by atoms with Gasteiger partial charge >= 0.3 is 13.0 Å². The van der Waals surface area contributed by atoms with Gasteiger partial charge in [-0.05, 0) is 19.1 Å². The zero-order valence-electron chi connectivity index (χ0n) is 9.13. The average Bonchev–Trinajstić information content (AvgIpc) is 2.19. The third-order valence-electron chi connectivity index (χ3n) is 1.67. The molecule has 0 unspecified atom stereocenters. The molecule has 1 aromatic carbocycles. The highest BCUT2D eigenvalue weighted by Crippen LogP contribution is 2.36. The topological polar surface area (TPSA) is 27.7 Å². The van der Waals surface area contributed by atoms with Crippen LogP contribution in [0, 0.1) is 0 Å². The summed E-state index contributed by atoms with van der Waals surface area (Å²) in [7, 11) is 0. The lowest BCUT2D eigenvalue weighted by molar-refractivity contribution is -0.275. The molecule has 0 bridgehead atoms. The Morgan fingerprint density at radius 1 is 1.17 bits per heavy atom. The number of hydrogen-bond acceptors (Lipinski definition) is 3. The Morgan fingerprint density at radius 3 is 2.33 bits per heavy atom. The molecule has 0 amide bonds. The SMILES string of the molecule is CCOc1ccc(OC(F)(F)F)c(OC(F)F)c1. The van der Waals surface area contributed by atoms with Crippen molar-refractivity contribution in [2.75, 3.05) is 6.61 Å². The molecule has 8 heteroatoms. The molecule has 102 valence electrons. The van der Waals surface area contributed by atoms with Crippen LogP contribution in [0.1, 0.15) is 6.92 Å². The van der Waals surface area contributed by atoms with E-state index in [4.69, 9.17) is 4.74 Å². The summed E-state index contributed by atoms with van der Waals surface area (Å²) in [5, 5.41) is 0. The Hall–Kier alpha value is -1.73. The molecule has 0 heterocycles. The lowest BCUT2D eigenvalue weighted by atomic mass is 10.3. The Morgan fingerprint density at radius 2 is 1.83 bits per heavy atom. The number of halogens is 5. The summed E-state index contributed by atoms with van der Waals surface area (Å²) >= 11 is 0. The molecule has 0 aliphatic heterocycles. The summed E-state index contributed by atoms with van der Waals surface area (Å²) in [6.45, 7) is -1.40. The molecule has 0 radical (unpaired) electrons. The van der Waals surface area contributed by atoms with E-state index >= 15 is 0 Å². The monoisotopic (exact) mass is 272 g/mol. The molecule has 0 fully saturated rings. The van der Waals surface area contributed by atoms with E-state index in [1.54, 1.807) is 6.92 Å². The van der Waals surface area contributed by atoms with Gasteiger partial charge in [-0.1, -0.05) is 0 Å². The van der Waals surface area contributed by atoms with Gasteiger partial charge < -0.3 is 14.2 Å². The maximum Gasteiger partial charge on any atom is 0.573 e. The molecular formula is C10H9F5O3. The lowest BCUT2D eigenvalue weighted by Crippen LogP contribution is -2.18. The van der Waals surface area contributed by atoms with Crippen molar-refractivity contribution in [1.82, 2.24) is 0 Å². The minimum atomic E-state index is -4.99. The van der Waals surface area contributed by atoms with E-state index < -0.39 is 24.5 Å². The van der Waals surface area contributed by atoms with E-state index in [0.717, 1.165) is 18.2 Å². The van der Waals surface area contributed by atoms with Crippen molar-refractivity contribution in [3.63, 3.8) is 0 Å². The Labute approximate surface area is 99.1 Å². The number of alkyl halides is 5. The Balaban J connectivity index is 3.00. The van der Waals surface area contributed by atoms with Gasteiger partial charge in [0.1, 0.15) is 5.75 Å². The van der Waals surface area contributed by atoms with Gasteiger partial charge in [-0.3, -0.25) is 0 Å². The molecule has 0 spiro atoms. The zero-order chi connectivity index (χ0) is 13.8. The van der Waals surface area contributed by atoms with Crippen molar-refractivity contribution in [2.24, 2.45) is 0 Å². The molecule has 0 N–H and O–H groups in total. The molecule has 18 heavy (non-hydrogen) atoms. The molecule has 0 atom stereocenters. The highest BCUT2D eigenvalue weighted by molar-refractivity contribution is 5.45. The molecule has 0 aliphatic carbocycles. The third-order valence-corrected chi connectivity index (χ3v) is 1.67. The molecule has 1 aromatic rings. The first-order valence-electron chi connectivity index (χ1n) is 4.79. The van der Waals surface area contributed by atoms with Gasteiger partial charge in [0.15, 0.2) is 11.5 Å². The first-order chi connectivity index (χ1) is 8.31. The van der Waals surface area contributed by atoms with Gasteiger partial charge in [0.25, 0.3) is 0 Å². The van der Waals surface area contributed by atoms with E-state index in [-0.39, 0.29) is 12.4 Å². The summed E-state index contributed by atoms with van der Waals surface area (Å²) < 4.78 is 72.6. The van der Waals surface area contributed by atoms with Gasteiger partial charge in [-0.15, -0.1) is 13.2 Å². The van der Waals surface area contributed by atoms with Crippen molar-refractivity contribution in [3.05, 3.63) is 18.2 Å². The highest BCUT2D eigenvalue weighted by Gasteiger charge is 2.33. The van der Waals surface area contributed by atoms with E-state index in [1.807, 2.05) is 0 Å². The van der Waals surface area contributed by atoms with Crippen molar-refractivity contribution in [1.29, 1.82) is 0 Å². The van der Waals surface area contributed by atoms with Crippen LogP contribution in [0.15, 0.2) is 18.2 Å². The van der Waals surface area contributed by atoms with Crippen LogP contribution >= 0.6 is 0 Å². The number of rotatable bonds is 5. The molecule has 0 aromatic heterocycles. The van der Waals surface area contributed by atoms with E-state index in [1.165, 1.54) is 0 Å². The molecule has 3 nitrogen and oxygen atoms in total. The van der Waals surface area contributed by atoms with Crippen molar-refractivity contribution >= 4 is 0 Å². The zero-order valence-corrected chi connectivity index (χ0v) is 9.13. The van der Waals surface area contributed by atoms with E-state index in [9.17, 15) is 22.0 Å². The van der Waals surface area contributed by atoms with Crippen LogP contribution in [0.4, 0.5) is 22.0 Å². The first kappa shape index (κ1) is 14.3. The van der Waals surface area contributed by atoms with Crippen molar-refractivity contribution in [3.8, 4) is 17.2 Å². The summed E-state index contributed by atoms with van der Waals surface area (Å²) in [6, 6.07) is 2.90. The highest BCUT2D eigenvalue weighted by atomic mass is 19.4. The fourth-order valence-corrected chi connectivity index (χ4v) is 1.14. The minimum absolute atomic E-state index is 0.0997. The van der Waals surface area contributed by atoms with Crippen LogP contribution in [-0.4, -0.2) is 19.6 Å². The van der Waals surface area contributed by atoms with E-state index in [2.05, 4.69) is 9.47 Å². The number of ether oxygens (including phenoxy) is 3. The van der Waals surface area contributed by atoms with Gasteiger partial charge in [-0.2, -0.15) is 8.78 Å². The quantitative estimate of drug-likeness (QED) is 0.767. The lowest BCUT2D eigenvalue weighted by Gasteiger charge is -2.14. The summed E-state index contributed by atoms with van der Waals surface area (Å²) in [6.07, 6.45) is -4.99. The molecule has 0 aliphatic rings. The standard InChI is InChI=1S/C10H9F5O3/c1-2-16-6-3-4-7(18-10(13,14)15)8(5-6)17-9(11)12/h3-5,9H,2H2,1H3. The van der Waals surface area contributed by atoms with Crippen LogP contribution in [0.25, 0.3) is 0 Å². The minimum Gasteiger partial charge on any atom is -0.494 e. The fraction of sp³-hybridized carbons (Fsp3) is 0.400. The van der Waals surface area contributed by atoms with Crippen LogP contribution in [0.5, 0.6) is 17.2 Å². The third kappa shape index (κ3) is 4.64. The Bertz CT molecular complexity index is 392. The molecule has 0 saturated heterocycles. The van der Waals surface area contributed by atoms with Crippen LogP contribution in [0.3, 0.4) is 0 Å². The molecule has 0 saturated carbocycles. The summed E-state index contributed by atoms with van der Waals surface area (Å²) in [4.78, 5) is 0. The normalized spacial score (nSPS) is 11.5. The van der Waals surface area contributed by atoms with Crippen LogP contribution < -0.4 is 14.2 Å². The largest absolute Gasteiger partial charge is 0.573 e. The average molecular weight is 272 g/mol. The van der Waals surface area contributed by atoms with E-state index in [0.29, 0.717) is 0 Å². The molecule has 1 rings (SSSR count). The van der Waals surface area contributed by atoms with Crippen molar-refractivity contribution in [2.45, 2.75) is 19.9 Å². The van der Waals surface area contributed by atoms with Crippen molar-refractivity contribution < 1.29 is 36.2 Å². The summed E-state index contributed by atoms with van der Waals surface area (Å²) in [5.74, 6) is -1.50. The summed E-state index contributed by atoms with van der Waals surface area (Å²) in [5.41, 5.74) is 0. The second-order valence-corrected chi connectivity index (χ2v) is 2.97. The Kier molecular flexibility index (Phi) is 4.57. The van der Waals surface area contributed by atoms with Crippen LogP contribution in [0.2, 0.25) is 0 Å². The first-order valence-corrected chi connectivity index (χ1v) is 4.79. The maximum atomic E-state index is 12.1. The molecular weight excluding hydrogens is 263 g/mol. The van der Waals surface area contributed by atoms with Gasteiger partial charge in [-0.25, -0.2) is 0 Å². The predicted molar refractivity (Wildman–Crippen MR) is 50.9 cm³/mol. The second-order valence-electron chi connectivity index (χ2n) is 2.97. The fourth-order valence-electron chi connectivity index (χ4n) is 1.14. The van der Waals surface area contributed by atoms with Gasteiger partial charge in [0, 0.05) is 6.07 Å². The van der Waals surface area contributed by atoms with Gasteiger partial charge in [0.2, 0.25) is 0 Å².